The van der Waals surface area contributed by atoms with Crippen molar-refractivity contribution in [2.24, 2.45) is 5.92 Å². The van der Waals surface area contributed by atoms with Crippen molar-refractivity contribution in [1.82, 2.24) is 65.4 Å². The second-order valence-corrected chi connectivity index (χ2v) is 27.8. The van der Waals surface area contributed by atoms with Crippen LogP contribution in [0.1, 0.15) is 114 Å². The van der Waals surface area contributed by atoms with Crippen LogP contribution in [0.3, 0.4) is 0 Å². The van der Waals surface area contributed by atoms with Gasteiger partial charge in [0, 0.05) is 179 Å². The molecule has 0 saturated carbocycles. The highest BCUT2D eigenvalue weighted by Crippen LogP contribution is 2.32. The standard InChI is InChI=1S/C23H25N5O2.C22H21N3O2.C21H22N4O.C20H20N4O2/c1-15(29)3-4-16-12-25-22-20(16)11-18(14-26-22)21-6-5-17(13-24-21)23(30)27-19-7-9-28(2)10-8-19;1-15(26)7-8-18-11-23-22-20(18)10-19(12-24-22)25-13-16(14-25)9-21(27)17-5-3-2-4-6-17;1-16(26)7-8-17-14-22-21-20(17)13-19(15-23-21)25-11-9-24(10-12-25)18-5-3-2-4-6-18;1-12(2)24-20(26)15-6-7-18(21-10-15)16-8-17-14(5-4-13(3)25)9-22-19(17)23-11-16/h3-6,11-14,19H,7-10H2,1-2H3,(H,25,26)(H,27,30);2-8,10-12,16H,9,13-14H2,1H3,(H,23,24);2-8,13-15H,9-12H2,1H3,(H,22,23);4-12H,1-3H3,(H,22,23)(H,24,26)/b4-3+;2*8-7+;5-4+. The predicted octanol–water partition coefficient (Wildman–Crippen LogP) is 13.8. The van der Waals surface area contributed by atoms with Gasteiger partial charge in [-0.1, -0.05) is 48.5 Å². The summed E-state index contributed by atoms with van der Waals surface area (Å²) >= 11 is 0. The predicted molar refractivity (Wildman–Crippen MR) is 432 cm³/mol. The van der Waals surface area contributed by atoms with E-state index in [1.165, 1.54) is 38.6 Å². The number of benzene rings is 2. The number of para-hydroxylation sites is 1. The molecular weight excluding hydrogens is 1370 g/mol. The number of H-pyrrole nitrogens is 4. The molecule has 6 N–H and O–H groups in total. The van der Waals surface area contributed by atoms with Crippen LogP contribution in [0.25, 0.3) is 91.0 Å². The van der Waals surface area contributed by atoms with Crippen molar-refractivity contribution in [3.63, 3.8) is 0 Å². The number of hydrogen-bond acceptors (Lipinski definition) is 17. The molecule has 23 heteroatoms. The van der Waals surface area contributed by atoms with Crippen LogP contribution in [-0.4, -0.2) is 167 Å². The number of amides is 2. The van der Waals surface area contributed by atoms with Crippen molar-refractivity contribution in [3.05, 3.63) is 234 Å². The maximum atomic E-state index is 12.5. The molecule has 12 aromatic rings. The van der Waals surface area contributed by atoms with Gasteiger partial charge in [0.15, 0.2) is 28.9 Å². The first kappa shape index (κ1) is 75.8. The number of aromatic amines is 4. The summed E-state index contributed by atoms with van der Waals surface area (Å²) in [5, 5.41) is 9.81. The quantitative estimate of drug-likeness (QED) is 0.0305. The van der Waals surface area contributed by atoms with Gasteiger partial charge >= 0.3 is 0 Å². The molecule has 2 aromatic carbocycles. The third kappa shape index (κ3) is 20.0. The Morgan fingerprint density at radius 2 is 0.835 bits per heavy atom. The van der Waals surface area contributed by atoms with Gasteiger partial charge in [-0.2, -0.15) is 0 Å². The van der Waals surface area contributed by atoms with Crippen molar-refractivity contribution in [2.75, 3.05) is 74.1 Å². The summed E-state index contributed by atoms with van der Waals surface area (Å²) in [6, 6.07) is 35.7. The number of nitrogens with zero attached hydrogens (tertiary/aromatic N) is 10. The van der Waals surface area contributed by atoms with E-state index in [1.807, 2.05) is 112 Å². The first-order valence-electron chi connectivity index (χ1n) is 36.5. The van der Waals surface area contributed by atoms with Gasteiger partial charge in [0.25, 0.3) is 11.8 Å². The Hall–Kier alpha value is -12.9. The van der Waals surface area contributed by atoms with Crippen LogP contribution in [0.4, 0.5) is 17.1 Å². The smallest absolute Gasteiger partial charge is 0.253 e. The number of likely N-dealkylation sites (tertiary alicyclic amines) is 1. The average Bonchev–Trinajstić information content (AvgIpc) is 1.75. The Kier molecular flexibility index (Phi) is 24.7. The maximum Gasteiger partial charge on any atom is 0.253 e. The van der Waals surface area contributed by atoms with Crippen LogP contribution in [0.15, 0.2) is 195 Å². The number of anilines is 3. The first-order valence-corrected chi connectivity index (χ1v) is 36.5. The molecule has 10 aromatic heterocycles. The molecule has 554 valence electrons. The number of fused-ring (bicyclic) bond motifs is 4. The zero-order chi connectivity index (χ0) is 76.5. The normalized spacial score (nSPS) is 14.3. The Balaban J connectivity index is 0.000000136. The van der Waals surface area contributed by atoms with E-state index in [0.717, 1.165) is 171 Å². The van der Waals surface area contributed by atoms with E-state index in [-0.39, 0.29) is 52.8 Å². The summed E-state index contributed by atoms with van der Waals surface area (Å²) < 4.78 is 0. The van der Waals surface area contributed by atoms with Gasteiger partial charge in [0.2, 0.25) is 0 Å². The largest absolute Gasteiger partial charge is 0.370 e. The van der Waals surface area contributed by atoms with Crippen molar-refractivity contribution in [3.8, 4) is 22.5 Å². The summed E-state index contributed by atoms with van der Waals surface area (Å²) in [6.45, 7) is 17.6. The van der Waals surface area contributed by atoms with E-state index in [4.69, 9.17) is 0 Å². The lowest BCUT2D eigenvalue weighted by molar-refractivity contribution is -0.113. The van der Waals surface area contributed by atoms with Gasteiger partial charge in [-0.3, -0.25) is 43.5 Å². The molecule has 2 amide bonds. The number of rotatable bonds is 20. The zero-order valence-electron chi connectivity index (χ0n) is 62.1. The third-order valence-corrected chi connectivity index (χ3v) is 19.0. The second-order valence-electron chi connectivity index (χ2n) is 27.8. The van der Waals surface area contributed by atoms with Crippen LogP contribution in [-0.2, 0) is 19.2 Å². The second kappa shape index (κ2) is 35.5. The number of ketones is 5. The minimum absolute atomic E-state index is 0.00996. The molecule has 3 fully saturated rings. The molecule has 23 nitrogen and oxygen atoms in total. The van der Waals surface area contributed by atoms with Crippen molar-refractivity contribution in [1.29, 1.82) is 0 Å². The van der Waals surface area contributed by atoms with Gasteiger partial charge in [-0.15, -0.1) is 0 Å². The zero-order valence-corrected chi connectivity index (χ0v) is 62.1. The van der Waals surface area contributed by atoms with E-state index in [0.29, 0.717) is 23.5 Å². The highest BCUT2D eigenvalue weighted by Gasteiger charge is 2.30. The van der Waals surface area contributed by atoms with Gasteiger partial charge in [-0.25, -0.2) is 19.9 Å². The fraction of sp³-hybridized carbons (Fsp3) is 0.244. The molecule has 3 saturated heterocycles. The van der Waals surface area contributed by atoms with Crippen LogP contribution in [0.2, 0.25) is 0 Å². The SMILES string of the molecule is CC(=O)/C=C/c1c[nH]c2ncc(-c3ccc(C(=O)NC(C)C)cn3)cc12.CC(=O)/C=C/c1c[nH]c2ncc(-c3ccc(C(=O)NC4CCN(C)CC4)cn3)cc12.CC(=O)/C=C/c1c[nH]c2ncc(N3CC(CC(=O)c4ccccc4)C3)cc12.CC(=O)/C=C/c1c[nH]c2ncc(N3CCN(c4ccccc4)CC3)cc12. The molecule has 0 radical (unpaired) electrons. The van der Waals surface area contributed by atoms with Crippen molar-refractivity contribution in [2.45, 2.75) is 72.9 Å². The molecule has 0 aliphatic carbocycles. The first-order chi connectivity index (χ1) is 52.7. The highest BCUT2D eigenvalue weighted by molar-refractivity contribution is 6.01. The number of piperazine rings is 1. The number of carbonyl (C=O) groups excluding carboxylic acids is 7. The van der Waals surface area contributed by atoms with E-state index < -0.39 is 0 Å². The van der Waals surface area contributed by atoms with Crippen LogP contribution < -0.4 is 25.3 Å². The fourth-order valence-electron chi connectivity index (χ4n) is 13.0. The van der Waals surface area contributed by atoms with Gasteiger partial charge in [0.05, 0.1) is 46.3 Å². The van der Waals surface area contributed by atoms with Gasteiger partial charge in [0.1, 0.15) is 22.6 Å². The lowest BCUT2D eigenvalue weighted by atomic mass is 9.91. The molecule has 13 heterocycles. The van der Waals surface area contributed by atoms with Crippen LogP contribution in [0, 0.1) is 5.92 Å². The Bertz CT molecular complexity index is 5360. The van der Waals surface area contributed by atoms with Gasteiger partial charge in [-0.05, 0) is 184 Å². The molecule has 109 heavy (non-hydrogen) atoms. The number of nitrogens with one attached hydrogen (secondary N) is 6. The number of allylic oxidation sites excluding steroid dienone is 4. The van der Waals surface area contributed by atoms with Crippen molar-refractivity contribution < 1.29 is 33.6 Å². The molecule has 3 aliphatic heterocycles. The van der Waals surface area contributed by atoms with Crippen molar-refractivity contribution >= 4 is 126 Å². The average molecular weight is 1460 g/mol. The number of pyridine rings is 6. The molecule has 0 unspecified atom stereocenters. The van der Waals surface area contributed by atoms with Crippen LogP contribution >= 0.6 is 0 Å². The lowest BCUT2D eigenvalue weighted by Gasteiger charge is -2.40. The molecule has 0 bridgehead atoms. The van der Waals surface area contributed by atoms with E-state index in [2.05, 4.69) is 130 Å². The summed E-state index contributed by atoms with van der Waals surface area (Å²) in [7, 11) is 2.10. The maximum absolute atomic E-state index is 12.5. The summed E-state index contributed by atoms with van der Waals surface area (Å²) in [5.74, 6) is 0.384. The summed E-state index contributed by atoms with van der Waals surface area (Å²) in [5.41, 5.74) is 15.3. The summed E-state index contributed by atoms with van der Waals surface area (Å²) in [4.78, 5) is 130. The number of Topliss-reactive ketones (excluding diaryl/α,β-unsaturated/α-hetero) is 1. The van der Waals surface area contributed by atoms with E-state index in [1.54, 1.807) is 74.2 Å². The monoisotopic (exact) mass is 1460 g/mol. The fourth-order valence-corrected chi connectivity index (χ4v) is 13.0. The minimum atomic E-state index is -0.144. The molecule has 15 rings (SSSR count). The lowest BCUT2D eigenvalue weighted by Crippen LogP contribution is -2.47. The topological polar surface area (TPSA) is 297 Å². The van der Waals surface area contributed by atoms with Gasteiger partial charge < -0.3 is 50.2 Å². The van der Waals surface area contributed by atoms with Crippen LogP contribution in [0.5, 0.6) is 0 Å². The molecule has 0 atom stereocenters. The molecular formula is C86H88N16O7. The highest BCUT2D eigenvalue weighted by atomic mass is 16.2. The Morgan fingerprint density at radius 3 is 1.25 bits per heavy atom. The Morgan fingerprint density at radius 1 is 0.440 bits per heavy atom. The number of aromatic nitrogens is 10. The number of hydrogen-bond donors (Lipinski definition) is 6. The molecule has 0 spiro atoms. The Labute approximate surface area is 631 Å². The van der Waals surface area contributed by atoms with E-state index in [9.17, 15) is 33.6 Å². The summed E-state index contributed by atoms with van der Waals surface area (Å²) in [6.07, 6.45) is 33.7. The minimum Gasteiger partial charge on any atom is -0.370 e. The molecule has 3 aliphatic rings. The van der Waals surface area contributed by atoms with E-state index >= 15 is 0 Å². The number of carbonyl (C=O) groups is 7. The number of piperidine rings is 1. The third-order valence-electron chi connectivity index (χ3n) is 19.0.